The van der Waals surface area contributed by atoms with Gasteiger partial charge in [0, 0.05) is 11.3 Å². The van der Waals surface area contributed by atoms with Crippen molar-refractivity contribution in [1.82, 2.24) is 0 Å². The maximum Gasteiger partial charge on any atom is 0.255 e. The number of nitrogens with one attached hydrogen (secondary N) is 1. The van der Waals surface area contributed by atoms with E-state index in [0.717, 1.165) is 17.7 Å². The summed E-state index contributed by atoms with van der Waals surface area (Å²) >= 11 is 0. The van der Waals surface area contributed by atoms with E-state index < -0.39 is 0 Å². The molecule has 0 aliphatic rings. The van der Waals surface area contributed by atoms with Crippen molar-refractivity contribution < 1.29 is 4.79 Å². The van der Waals surface area contributed by atoms with Crippen molar-refractivity contribution in [2.45, 2.75) is 27.2 Å². The predicted octanol–water partition coefficient (Wildman–Crippen LogP) is 4.12. The van der Waals surface area contributed by atoms with Crippen LogP contribution in [0.25, 0.3) is 0 Å². The highest BCUT2D eigenvalue weighted by molar-refractivity contribution is 6.04. The van der Waals surface area contributed by atoms with Crippen LogP contribution in [-0.4, -0.2) is 5.91 Å². The molecule has 0 saturated heterocycles. The van der Waals surface area contributed by atoms with E-state index in [1.165, 1.54) is 11.1 Å². The summed E-state index contributed by atoms with van der Waals surface area (Å²) < 4.78 is 0. The molecular formula is C17H19NO. The quantitative estimate of drug-likeness (QED) is 0.876. The first-order valence-electron chi connectivity index (χ1n) is 6.57. The van der Waals surface area contributed by atoms with Crippen molar-refractivity contribution in [2.24, 2.45) is 0 Å². The molecule has 98 valence electrons. The molecule has 0 fully saturated rings. The van der Waals surface area contributed by atoms with Crippen LogP contribution in [0.1, 0.15) is 34.0 Å². The molecule has 2 nitrogen and oxygen atoms in total. The second kappa shape index (κ2) is 5.70. The molecule has 2 aromatic carbocycles. The van der Waals surface area contributed by atoms with Crippen LogP contribution in [-0.2, 0) is 6.42 Å². The number of amides is 1. The van der Waals surface area contributed by atoms with Gasteiger partial charge in [-0.1, -0.05) is 25.1 Å². The van der Waals surface area contributed by atoms with Gasteiger partial charge in [-0.25, -0.2) is 0 Å². The summed E-state index contributed by atoms with van der Waals surface area (Å²) in [4.78, 5) is 12.1. The molecule has 19 heavy (non-hydrogen) atoms. The standard InChI is InChI=1S/C17H19NO/c1-4-14-6-9-16(10-7-14)18-17(19)15-8-5-12(2)13(3)11-15/h5-11H,4H2,1-3H3,(H,18,19). The molecule has 0 heterocycles. The Balaban J connectivity index is 2.13. The van der Waals surface area contributed by atoms with Gasteiger partial charge in [0.05, 0.1) is 0 Å². The second-order valence-electron chi connectivity index (χ2n) is 4.80. The molecule has 0 aromatic heterocycles. The summed E-state index contributed by atoms with van der Waals surface area (Å²) in [5.41, 5.74) is 5.13. The number of hydrogen-bond acceptors (Lipinski definition) is 1. The van der Waals surface area contributed by atoms with E-state index in [9.17, 15) is 4.79 Å². The van der Waals surface area contributed by atoms with Gasteiger partial charge < -0.3 is 5.32 Å². The summed E-state index contributed by atoms with van der Waals surface area (Å²) in [7, 11) is 0. The Morgan fingerprint density at radius 1 is 1.00 bits per heavy atom. The summed E-state index contributed by atoms with van der Waals surface area (Å²) in [5.74, 6) is -0.0626. The van der Waals surface area contributed by atoms with E-state index in [1.807, 2.05) is 56.3 Å². The molecule has 0 spiro atoms. The van der Waals surface area contributed by atoms with Crippen molar-refractivity contribution in [3.8, 4) is 0 Å². The number of benzene rings is 2. The van der Waals surface area contributed by atoms with E-state index in [0.29, 0.717) is 5.56 Å². The Labute approximate surface area is 114 Å². The number of rotatable bonds is 3. The molecule has 2 aromatic rings. The number of carbonyl (C=O) groups excluding carboxylic acids is 1. The van der Waals surface area contributed by atoms with Crippen LogP contribution in [0.2, 0.25) is 0 Å². The van der Waals surface area contributed by atoms with Gasteiger partial charge in [0.2, 0.25) is 0 Å². The number of hydrogen-bond donors (Lipinski definition) is 1. The van der Waals surface area contributed by atoms with E-state index >= 15 is 0 Å². The molecule has 0 atom stereocenters. The third-order valence-corrected chi connectivity index (χ3v) is 3.39. The monoisotopic (exact) mass is 253 g/mol. The third-order valence-electron chi connectivity index (χ3n) is 3.39. The Kier molecular flexibility index (Phi) is 4.00. The summed E-state index contributed by atoms with van der Waals surface area (Å²) in [5, 5.41) is 2.92. The zero-order chi connectivity index (χ0) is 13.8. The van der Waals surface area contributed by atoms with Gasteiger partial charge in [-0.05, 0) is 61.2 Å². The van der Waals surface area contributed by atoms with Gasteiger partial charge in [-0.2, -0.15) is 0 Å². The average molecular weight is 253 g/mol. The lowest BCUT2D eigenvalue weighted by Crippen LogP contribution is -2.12. The minimum Gasteiger partial charge on any atom is -0.322 e. The van der Waals surface area contributed by atoms with E-state index in [1.54, 1.807) is 0 Å². The molecule has 2 heteroatoms. The summed E-state index contributed by atoms with van der Waals surface area (Å²) in [6, 6.07) is 13.7. The predicted molar refractivity (Wildman–Crippen MR) is 79.7 cm³/mol. The van der Waals surface area contributed by atoms with Gasteiger partial charge in [0.15, 0.2) is 0 Å². The molecule has 2 rings (SSSR count). The highest BCUT2D eigenvalue weighted by Gasteiger charge is 2.06. The Morgan fingerprint density at radius 2 is 1.68 bits per heavy atom. The zero-order valence-electron chi connectivity index (χ0n) is 11.7. The molecule has 0 unspecified atom stereocenters. The smallest absolute Gasteiger partial charge is 0.255 e. The van der Waals surface area contributed by atoms with Gasteiger partial charge in [0.1, 0.15) is 0 Å². The van der Waals surface area contributed by atoms with Crippen LogP contribution in [0.5, 0.6) is 0 Å². The first-order chi connectivity index (χ1) is 9.10. The van der Waals surface area contributed by atoms with Crippen LogP contribution >= 0.6 is 0 Å². The topological polar surface area (TPSA) is 29.1 Å². The van der Waals surface area contributed by atoms with Crippen LogP contribution in [0.3, 0.4) is 0 Å². The zero-order valence-corrected chi connectivity index (χ0v) is 11.7. The first kappa shape index (κ1) is 13.3. The lowest BCUT2D eigenvalue weighted by Gasteiger charge is -2.08. The fourth-order valence-electron chi connectivity index (χ4n) is 1.91. The van der Waals surface area contributed by atoms with Crippen LogP contribution < -0.4 is 5.32 Å². The maximum absolute atomic E-state index is 12.1. The van der Waals surface area contributed by atoms with Crippen molar-refractivity contribution in [1.29, 1.82) is 0 Å². The van der Waals surface area contributed by atoms with Crippen molar-refractivity contribution in [3.63, 3.8) is 0 Å². The molecule has 0 radical (unpaired) electrons. The maximum atomic E-state index is 12.1. The van der Waals surface area contributed by atoms with Crippen molar-refractivity contribution in [3.05, 3.63) is 64.7 Å². The van der Waals surface area contributed by atoms with E-state index in [2.05, 4.69) is 12.2 Å². The molecule has 1 N–H and O–H groups in total. The van der Waals surface area contributed by atoms with Crippen molar-refractivity contribution >= 4 is 11.6 Å². The Morgan fingerprint density at radius 3 is 2.26 bits per heavy atom. The molecular weight excluding hydrogens is 234 g/mol. The second-order valence-corrected chi connectivity index (χ2v) is 4.80. The van der Waals surface area contributed by atoms with Gasteiger partial charge in [-0.15, -0.1) is 0 Å². The van der Waals surface area contributed by atoms with Gasteiger partial charge in [-0.3, -0.25) is 4.79 Å². The molecule has 0 aliphatic carbocycles. The van der Waals surface area contributed by atoms with Crippen LogP contribution in [0, 0.1) is 13.8 Å². The molecule has 0 aliphatic heterocycles. The molecule has 0 bridgehead atoms. The fourth-order valence-corrected chi connectivity index (χ4v) is 1.91. The lowest BCUT2D eigenvalue weighted by molar-refractivity contribution is 0.102. The third kappa shape index (κ3) is 3.22. The first-order valence-corrected chi connectivity index (χ1v) is 6.57. The number of carbonyl (C=O) groups is 1. The average Bonchev–Trinajstić information content (AvgIpc) is 2.42. The molecule has 0 saturated carbocycles. The lowest BCUT2D eigenvalue weighted by atomic mass is 10.1. The Bertz CT molecular complexity index is 585. The molecule has 1 amide bonds. The fraction of sp³-hybridized carbons (Fsp3) is 0.235. The van der Waals surface area contributed by atoms with Crippen LogP contribution in [0.4, 0.5) is 5.69 Å². The highest BCUT2D eigenvalue weighted by atomic mass is 16.1. The highest BCUT2D eigenvalue weighted by Crippen LogP contribution is 2.14. The summed E-state index contributed by atoms with van der Waals surface area (Å²) in [6.45, 7) is 6.17. The van der Waals surface area contributed by atoms with E-state index in [-0.39, 0.29) is 5.91 Å². The number of aryl methyl sites for hydroxylation is 3. The van der Waals surface area contributed by atoms with E-state index in [4.69, 9.17) is 0 Å². The summed E-state index contributed by atoms with van der Waals surface area (Å²) in [6.07, 6.45) is 1.01. The van der Waals surface area contributed by atoms with Crippen LogP contribution in [0.15, 0.2) is 42.5 Å². The minimum atomic E-state index is -0.0626. The SMILES string of the molecule is CCc1ccc(NC(=O)c2ccc(C)c(C)c2)cc1. The number of anilines is 1. The normalized spacial score (nSPS) is 10.3. The minimum absolute atomic E-state index is 0.0626. The Hall–Kier alpha value is -2.09. The van der Waals surface area contributed by atoms with Crippen molar-refractivity contribution in [2.75, 3.05) is 5.32 Å². The van der Waals surface area contributed by atoms with Gasteiger partial charge in [0.25, 0.3) is 5.91 Å². The largest absolute Gasteiger partial charge is 0.322 e. The van der Waals surface area contributed by atoms with Gasteiger partial charge >= 0.3 is 0 Å².